The quantitative estimate of drug-likeness (QED) is 0.297. The second kappa shape index (κ2) is 6.94. The highest BCUT2D eigenvalue weighted by Gasteiger charge is 2.48. The minimum absolute atomic E-state index is 0.265. The molecular weight excluding hydrogens is 383 g/mol. The predicted molar refractivity (Wildman–Crippen MR) is 104 cm³/mol. The maximum absolute atomic E-state index is 5.87. The Balaban J connectivity index is 2.51. The van der Waals surface area contributed by atoms with Gasteiger partial charge in [0.1, 0.15) is 5.75 Å². The van der Waals surface area contributed by atoms with Crippen molar-refractivity contribution in [1.29, 1.82) is 0 Å². The number of rotatable bonds is 5. The molecule has 0 radical (unpaired) electrons. The highest BCUT2D eigenvalue weighted by atomic mass is 127. The lowest BCUT2D eigenvalue weighted by molar-refractivity contribution is 0.226. The van der Waals surface area contributed by atoms with Crippen LogP contribution in [0.4, 0.5) is 0 Å². The first-order chi connectivity index (χ1) is 10.3. The lowest BCUT2D eigenvalue weighted by Crippen LogP contribution is -2.47. The molecule has 2 atom stereocenters. The summed E-state index contributed by atoms with van der Waals surface area (Å²) in [5.41, 5.74) is 2.90. The van der Waals surface area contributed by atoms with Crippen LogP contribution in [0.15, 0.2) is 30.5 Å². The van der Waals surface area contributed by atoms with E-state index in [1.165, 1.54) is 49.7 Å². The van der Waals surface area contributed by atoms with Gasteiger partial charge in [0.15, 0.2) is 0 Å². The standard InChI is InChI=1S/C20H29IO/c1-6-11-20(13-8-7-12-19(20,5)21)17-10-9-16(4)18(14-17)22-15(2)3/h9-10,14H,2,6-8,11-13H2,1,3-5H3/t19-,20-/m1/s1. The van der Waals surface area contributed by atoms with Crippen molar-refractivity contribution >= 4 is 22.6 Å². The number of hydrogen-bond acceptors (Lipinski definition) is 1. The summed E-state index contributed by atoms with van der Waals surface area (Å²) in [6, 6.07) is 6.83. The van der Waals surface area contributed by atoms with Gasteiger partial charge in [-0.2, -0.15) is 0 Å². The summed E-state index contributed by atoms with van der Waals surface area (Å²) in [5.74, 6) is 1.73. The Bertz CT molecular complexity index is 543. The normalized spacial score (nSPS) is 28.4. The molecule has 0 spiro atoms. The molecule has 2 heteroatoms. The first-order valence-corrected chi connectivity index (χ1v) is 9.54. The van der Waals surface area contributed by atoms with Crippen LogP contribution in [0.25, 0.3) is 0 Å². The topological polar surface area (TPSA) is 9.23 Å². The van der Waals surface area contributed by atoms with Crippen molar-refractivity contribution < 1.29 is 4.74 Å². The summed E-state index contributed by atoms with van der Waals surface area (Å²) in [4.78, 5) is 0. The number of benzene rings is 1. The van der Waals surface area contributed by atoms with Crippen LogP contribution in [-0.4, -0.2) is 3.42 Å². The van der Waals surface area contributed by atoms with Crippen molar-refractivity contribution in [2.45, 2.75) is 75.1 Å². The second-order valence-electron chi connectivity index (χ2n) is 7.02. The van der Waals surface area contributed by atoms with Gasteiger partial charge in [-0.15, -0.1) is 0 Å². The zero-order chi connectivity index (χ0) is 16.4. The van der Waals surface area contributed by atoms with Gasteiger partial charge in [0.05, 0.1) is 5.76 Å². The summed E-state index contributed by atoms with van der Waals surface area (Å²) in [7, 11) is 0. The van der Waals surface area contributed by atoms with Crippen LogP contribution in [0.1, 0.15) is 70.4 Å². The van der Waals surface area contributed by atoms with Gasteiger partial charge in [0.25, 0.3) is 0 Å². The molecule has 0 heterocycles. The highest BCUT2D eigenvalue weighted by molar-refractivity contribution is 14.1. The molecular formula is C20H29IO. The van der Waals surface area contributed by atoms with Crippen molar-refractivity contribution in [3.8, 4) is 5.75 Å². The Morgan fingerprint density at radius 2 is 2.00 bits per heavy atom. The zero-order valence-electron chi connectivity index (χ0n) is 14.5. The van der Waals surface area contributed by atoms with Crippen LogP contribution in [0.5, 0.6) is 5.75 Å². The average Bonchev–Trinajstić information content (AvgIpc) is 2.43. The fourth-order valence-corrected chi connectivity index (χ4v) is 5.21. The van der Waals surface area contributed by atoms with Gasteiger partial charge in [0, 0.05) is 8.84 Å². The van der Waals surface area contributed by atoms with E-state index in [4.69, 9.17) is 4.74 Å². The van der Waals surface area contributed by atoms with E-state index in [-0.39, 0.29) is 5.41 Å². The number of aryl methyl sites for hydroxylation is 1. The lowest BCUT2D eigenvalue weighted by atomic mass is 9.61. The summed E-state index contributed by atoms with van der Waals surface area (Å²) in [5, 5.41) is 0. The molecule has 22 heavy (non-hydrogen) atoms. The third kappa shape index (κ3) is 3.37. The summed E-state index contributed by atoms with van der Waals surface area (Å²) >= 11 is 2.72. The third-order valence-electron chi connectivity index (χ3n) is 5.20. The van der Waals surface area contributed by atoms with E-state index in [0.717, 1.165) is 11.5 Å². The molecule has 1 aromatic carbocycles. The number of ether oxygens (including phenoxy) is 1. The molecule has 0 saturated heterocycles. The van der Waals surface area contributed by atoms with Gasteiger partial charge >= 0.3 is 0 Å². The SMILES string of the molecule is C=C(C)Oc1cc([C@@]2(CCC)CCCC[C@@]2(C)I)ccc1C. The van der Waals surface area contributed by atoms with Crippen molar-refractivity contribution in [1.82, 2.24) is 0 Å². The Morgan fingerprint density at radius 1 is 1.32 bits per heavy atom. The van der Waals surface area contributed by atoms with E-state index < -0.39 is 0 Å². The molecule has 0 bridgehead atoms. The molecule has 0 unspecified atom stereocenters. The minimum atomic E-state index is 0.265. The van der Waals surface area contributed by atoms with Crippen LogP contribution in [0.2, 0.25) is 0 Å². The maximum Gasteiger partial charge on any atom is 0.130 e. The molecule has 0 aromatic heterocycles. The Hall–Kier alpha value is -0.510. The smallest absolute Gasteiger partial charge is 0.130 e. The molecule has 122 valence electrons. The van der Waals surface area contributed by atoms with Crippen LogP contribution >= 0.6 is 22.6 Å². The molecule has 1 aromatic rings. The Kier molecular flexibility index (Phi) is 5.63. The van der Waals surface area contributed by atoms with Gasteiger partial charge in [-0.25, -0.2) is 0 Å². The Morgan fingerprint density at radius 3 is 2.59 bits per heavy atom. The van der Waals surface area contributed by atoms with Gasteiger partial charge in [-0.05, 0) is 57.2 Å². The van der Waals surface area contributed by atoms with Crippen LogP contribution < -0.4 is 4.74 Å². The van der Waals surface area contributed by atoms with Gasteiger partial charge in [-0.3, -0.25) is 0 Å². The van der Waals surface area contributed by atoms with E-state index in [0.29, 0.717) is 3.42 Å². The van der Waals surface area contributed by atoms with E-state index >= 15 is 0 Å². The first kappa shape index (κ1) is 17.8. The maximum atomic E-state index is 5.87. The fourth-order valence-electron chi connectivity index (χ4n) is 3.98. The average molecular weight is 412 g/mol. The van der Waals surface area contributed by atoms with Crippen LogP contribution in [-0.2, 0) is 5.41 Å². The summed E-state index contributed by atoms with van der Waals surface area (Å²) in [6.45, 7) is 12.7. The van der Waals surface area contributed by atoms with Crippen molar-refractivity contribution in [3.63, 3.8) is 0 Å². The number of allylic oxidation sites excluding steroid dienone is 1. The van der Waals surface area contributed by atoms with Crippen molar-refractivity contribution in [2.75, 3.05) is 0 Å². The minimum Gasteiger partial charge on any atom is -0.462 e. The fraction of sp³-hybridized carbons (Fsp3) is 0.600. The van der Waals surface area contributed by atoms with E-state index in [2.05, 4.69) is 68.1 Å². The van der Waals surface area contributed by atoms with E-state index in [1.807, 2.05) is 6.92 Å². The molecule has 0 N–H and O–H groups in total. The van der Waals surface area contributed by atoms with E-state index in [9.17, 15) is 0 Å². The molecule has 0 amide bonds. The van der Waals surface area contributed by atoms with Gasteiger partial charge in [0.2, 0.25) is 0 Å². The molecule has 0 aliphatic heterocycles. The summed E-state index contributed by atoms with van der Waals surface area (Å²) < 4.78 is 6.19. The molecule has 1 saturated carbocycles. The number of hydrogen-bond donors (Lipinski definition) is 0. The largest absolute Gasteiger partial charge is 0.462 e. The van der Waals surface area contributed by atoms with Crippen LogP contribution in [0, 0.1) is 6.92 Å². The first-order valence-electron chi connectivity index (χ1n) is 8.46. The molecule has 1 fully saturated rings. The molecule has 1 nitrogen and oxygen atoms in total. The zero-order valence-corrected chi connectivity index (χ0v) is 16.6. The molecule has 1 aliphatic carbocycles. The monoisotopic (exact) mass is 412 g/mol. The highest BCUT2D eigenvalue weighted by Crippen LogP contribution is 2.54. The van der Waals surface area contributed by atoms with Gasteiger partial charge < -0.3 is 4.74 Å². The Labute approximate surface area is 149 Å². The second-order valence-corrected chi connectivity index (χ2v) is 9.40. The predicted octanol–water partition coefficient (Wildman–Crippen LogP) is 6.71. The van der Waals surface area contributed by atoms with Gasteiger partial charge in [-0.1, -0.05) is 67.5 Å². The molecule has 2 rings (SSSR count). The number of alkyl halides is 1. The summed E-state index contributed by atoms with van der Waals surface area (Å²) in [6.07, 6.45) is 7.76. The van der Waals surface area contributed by atoms with Crippen LogP contribution in [0.3, 0.4) is 0 Å². The molecule has 1 aliphatic rings. The van der Waals surface area contributed by atoms with Crippen molar-refractivity contribution in [3.05, 3.63) is 41.7 Å². The van der Waals surface area contributed by atoms with Crippen molar-refractivity contribution in [2.24, 2.45) is 0 Å². The lowest BCUT2D eigenvalue weighted by Gasteiger charge is -2.50. The van der Waals surface area contributed by atoms with E-state index in [1.54, 1.807) is 0 Å². The number of halogens is 1. The third-order valence-corrected chi connectivity index (χ3v) is 6.77.